The van der Waals surface area contributed by atoms with Crippen molar-refractivity contribution in [3.8, 4) is 0 Å². The van der Waals surface area contributed by atoms with Gasteiger partial charge in [0, 0.05) is 33.4 Å². The minimum atomic E-state index is -0.378. The van der Waals surface area contributed by atoms with Crippen LogP contribution in [0.2, 0.25) is 5.02 Å². The molecule has 0 spiro atoms. The zero-order valence-electron chi connectivity index (χ0n) is 18.1. The predicted molar refractivity (Wildman–Crippen MR) is 129 cm³/mol. The van der Waals surface area contributed by atoms with E-state index in [2.05, 4.69) is 22.9 Å². The van der Waals surface area contributed by atoms with Crippen molar-refractivity contribution < 1.29 is 14.3 Å². The maximum Gasteiger partial charge on any atom is 0.337 e. The maximum absolute atomic E-state index is 13.6. The molecule has 0 amide bonds. The van der Waals surface area contributed by atoms with Crippen LogP contribution in [-0.2, 0) is 18.2 Å². The number of unbranched alkanes of at least 4 members (excludes halogenated alkanes) is 2. The molecule has 4 nitrogen and oxygen atoms in total. The van der Waals surface area contributed by atoms with Crippen LogP contribution >= 0.6 is 27.5 Å². The topological polar surface area (TPSA) is 48.3 Å². The number of aryl methyl sites for hydroxylation is 1. The average Bonchev–Trinajstić information content (AvgIpc) is 3.08. The van der Waals surface area contributed by atoms with E-state index in [-0.39, 0.29) is 17.7 Å². The monoisotopic (exact) mass is 503 g/mol. The first-order chi connectivity index (χ1) is 14.8. The van der Waals surface area contributed by atoms with Gasteiger partial charge < -0.3 is 9.30 Å². The summed E-state index contributed by atoms with van der Waals surface area (Å²) in [6.45, 7) is 2.16. The molecule has 0 N–H and O–H groups in total. The molecule has 3 aromatic rings. The number of rotatable bonds is 9. The Labute approximate surface area is 196 Å². The molecule has 31 heavy (non-hydrogen) atoms. The third kappa shape index (κ3) is 5.39. The van der Waals surface area contributed by atoms with Crippen LogP contribution in [0, 0.1) is 5.92 Å². The molecule has 2 aromatic carbocycles. The number of nitrogens with zero attached hydrogens (tertiary/aromatic N) is 1. The predicted octanol–water partition coefficient (Wildman–Crippen LogP) is 7.00. The minimum Gasteiger partial charge on any atom is -0.465 e. The molecule has 1 heterocycles. The molecule has 0 fully saturated rings. The quantitative estimate of drug-likeness (QED) is 0.179. The van der Waals surface area contributed by atoms with Gasteiger partial charge in [0.05, 0.1) is 18.4 Å². The van der Waals surface area contributed by atoms with Gasteiger partial charge in [0.25, 0.3) is 0 Å². The van der Waals surface area contributed by atoms with Crippen molar-refractivity contribution in [3.63, 3.8) is 0 Å². The van der Waals surface area contributed by atoms with Gasteiger partial charge in [-0.1, -0.05) is 59.8 Å². The molecule has 0 saturated heterocycles. The van der Waals surface area contributed by atoms with E-state index in [1.807, 2.05) is 41.9 Å². The molecule has 0 aliphatic rings. The smallest absolute Gasteiger partial charge is 0.337 e. The second-order valence-electron chi connectivity index (χ2n) is 7.85. The zero-order valence-corrected chi connectivity index (χ0v) is 20.4. The summed E-state index contributed by atoms with van der Waals surface area (Å²) in [5.74, 6) is -0.392. The summed E-state index contributed by atoms with van der Waals surface area (Å²) in [5.41, 5.74) is 3.17. The fraction of sp³-hybridized carbons (Fsp3) is 0.360. The van der Waals surface area contributed by atoms with Crippen LogP contribution in [0.25, 0.3) is 10.9 Å². The van der Waals surface area contributed by atoms with Gasteiger partial charge >= 0.3 is 5.97 Å². The van der Waals surface area contributed by atoms with E-state index in [1.165, 1.54) is 7.11 Å². The number of fused-ring (bicyclic) bond motifs is 1. The molecule has 0 aliphatic heterocycles. The summed E-state index contributed by atoms with van der Waals surface area (Å²) in [5, 5.41) is 1.63. The van der Waals surface area contributed by atoms with Gasteiger partial charge in [-0.2, -0.15) is 0 Å². The average molecular weight is 505 g/mol. The Morgan fingerprint density at radius 1 is 1.13 bits per heavy atom. The highest BCUT2D eigenvalue weighted by Crippen LogP contribution is 2.29. The van der Waals surface area contributed by atoms with Crippen molar-refractivity contribution in [2.75, 3.05) is 7.11 Å². The van der Waals surface area contributed by atoms with Gasteiger partial charge in [0.15, 0.2) is 5.78 Å². The molecule has 1 aromatic heterocycles. The first kappa shape index (κ1) is 23.6. The number of benzene rings is 2. The van der Waals surface area contributed by atoms with Crippen LogP contribution in [0.4, 0.5) is 0 Å². The Bertz CT molecular complexity index is 1110. The standard InChI is InChI=1S/C25H27BrClNO3/c1-4-5-6-7-17(12-16-8-9-18(14-21(16)26)25(30)31-3)24(29)23-15-19-13-20(27)10-11-22(19)28(23)2/h8-11,13-15,17H,4-7,12H2,1-3H3/t17-/m0/s1. The summed E-state index contributed by atoms with van der Waals surface area (Å²) in [4.78, 5) is 25.4. The van der Waals surface area contributed by atoms with Crippen LogP contribution in [0.1, 0.15) is 59.0 Å². The molecular formula is C25H27BrClNO3. The van der Waals surface area contributed by atoms with Crippen LogP contribution in [0.5, 0.6) is 0 Å². The maximum atomic E-state index is 13.6. The molecule has 0 radical (unpaired) electrons. The van der Waals surface area contributed by atoms with Crippen molar-refractivity contribution in [1.29, 1.82) is 0 Å². The van der Waals surface area contributed by atoms with E-state index >= 15 is 0 Å². The number of ether oxygens (including phenoxy) is 1. The molecule has 0 saturated carbocycles. The fourth-order valence-corrected chi connectivity index (χ4v) is 4.68. The largest absolute Gasteiger partial charge is 0.465 e. The number of hydrogen-bond acceptors (Lipinski definition) is 3. The molecule has 0 bridgehead atoms. The molecule has 3 rings (SSSR count). The number of halogens is 2. The van der Waals surface area contributed by atoms with E-state index in [0.29, 0.717) is 22.7 Å². The van der Waals surface area contributed by atoms with Gasteiger partial charge in [-0.3, -0.25) is 4.79 Å². The van der Waals surface area contributed by atoms with Gasteiger partial charge in [-0.05, 0) is 54.8 Å². The molecule has 0 aliphatic carbocycles. The summed E-state index contributed by atoms with van der Waals surface area (Å²) in [6.07, 6.45) is 4.62. The van der Waals surface area contributed by atoms with Crippen molar-refractivity contribution in [2.45, 2.75) is 39.0 Å². The lowest BCUT2D eigenvalue weighted by atomic mass is 9.88. The third-order valence-corrected chi connectivity index (χ3v) is 6.70. The first-order valence-electron chi connectivity index (χ1n) is 10.5. The van der Waals surface area contributed by atoms with Crippen LogP contribution < -0.4 is 0 Å². The third-order valence-electron chi connectivity index (χ3n) is 5.72. The fourth-order valence-electron chi connectivity index (χ4n) is 3.96. The number of ketones is 1. The van der Waals surface area contributed by atoms with Crippen molar-refractivity contribution >= 4 is 50.2 Å². The van der Waals surface area contributed by atoms with E-state index < -0.39 is 0 Å². The lowest BCUT2D eigenvalue weighted by molar-refractivity contribution is 0.0600. The molecular weight excluding hydrogens is 478 g/mol. The Morgan fingerprint density at radius 3 is 2.58 bits per heavy atom. The second-order valence-corrected chi connectivity index (χ2v) is 9.14. The molecule has 164 valence electrons. The summed E-state index contributed by atoms with van der Waals surface area (Å²) in [7, 11) is 3.29. The Kier molecular flexibility index (Phi) is 7.95. The zero-order chi connectivity index (χ0) is 22.5. The number of carbonyl (C=O) groups is 2. The Morgan fingerprint density at radius 2 is 1.90 bits per heavy atom. The number of Topliss-reactive ketones (excluding diaryl/α,β-unsaturated/α-hetero) is 1. The van der Waals surface area contributed by atoms with Crippen molar-refractivity contribution in [2.24, 2.45) is 13.0 Å². The highest BCUT2D eigenvalue weighted by molar-refractivity contribution is 9.10. The van der Waals surface area contributed by atoms with E-state index in [1.54, 1.807) is 12.1 Å². The Balaban J connectivity index is 1.91. The SMILES string of the molecule is CCCCC[C@@H](Cc1ccc(C(=O)OC)cc1Br)C(=O)c1cc2cc(Cl)ccc2n1C. The minimum absolute atomic E-state index is 0.134. The molecule has 6 heteroatoms. The van der Waals surface area contributed by atoms with Crippen molar-refractivity contribution in [1.82, 2.24) is 4.57 Å². The number of hydrogen-bond donors (Lipinski definition) is 0. The van der Waals surface area contributed by atoms with E-state index in [4.69, 9.17) is 16.3 Å². The number of methoxy groups -OCH3 is 1. The normalized spacial score (nSPS) is 12.2. The van der Waals surface area contributed by atoms with Crippen LogP contribution in [-0.4, -0.2) is 23.4 Å². The van der Waals surface area contributed by atoms with Crippen LogP contribution in [0.15, 0.2) is 46.9 Å². The summed E-state index contributed by atoms with van der Waals surface area (Å²) < 4.78 is 7.57. The van der Waals surface area contributed by atoms with Gasteiger partial charge in [-0.15, -0.1) is 0 Å². The van der Waals surface area contributed by atoms with Gasteiger partial charge in [0.1, 0.15) is 0 Å². The summed E-state index contributed by atoms with van der Waals surface area (Å²) in [6, 6.07) is 13.0. The van der Waals surface area contributed by atoms with E-state index in [0.717, 1.165) is 46.6 Å². The molecule has 0 unspecified atom stereocenters. The van der Waals surface area contributed by atoms with Gasteiger partial charge in [-0.25, -0.2) is 4.79 Å². The second kappa shape index (κ2) is 10.5. The first-order valence-corrected chi connectivity index (χ1v) is 11.7. The highest BCUT2D eigenvalue weighted by Gasteiger charge is 2.24. The Hall–Kier alpha value is -2.11. The van der Waals surface area contributed by atoms with Crippen LogP contribution in [0.3, 0.4) is 0 Å². The lowest BCUT2D eigenvalue weighted by Crippen LogP contribution is -2.20. The number of esters is 1. The lowest BCUT2D eigenvalue weighted by Gasteiger charge is -2.18. The highest BCUT2D eigenvalue weighted by atomic mass is 79.9. The van der Waals surface area contributed by atoms with E-state index in [9.17, 15) is 9.59 Å². The van der Waals surface area contributed by atoms with Crippen molar-refractivity contribution in [3.05, 3.63) is 68.8 Å². The van der Waals surface area contributed by atoms with Gasteiger partial charge in [0.2, 0.25) is 0 Å². The number of aromatic nitrogens is 1. The number of carbonyl (C=O) groups excluding carboxylic acids is 2. The summed E-state index contributed by atoms with van der Waals surface area (Å²) >= 11 is 9.72. The molecule has 1 atom stereocenters.